The molecular weight excluding hydrogens is 673 g/mol. The number of rotatable bonds is 10. The fourth-order valence-corrected chi connectivity index (χ4v) is 7.79. The van der Waals surface area contributed by atoms with E-state index in [2.05, 4.69) is 51.0 Å². The van der Waals surface area contributed by atoms with Crippen molar-refractivity contribution in [3.63, 3.8) is 0 Å². The van der Waals surface area contributed by atoms with Gasteiger partial charge in [0.1, 0.15) is 0 Å². The van der Waals surface area contributed by atoms with E-state index in [1.165, 1.54) is 5.56 Å². The third-order valence-corrected chi connectivity index (χ3v) is 10.6. The van der Waals surface area contributed by atoms with Crippen LogP contribution in [0.1, 0.15) is 36.8 Å². The molecular formula is C38H41Cl2N7O3. The molecule has 2 amide bonds. The first-order valence-corrected chi connectivity index (χ1v) is 17.9. The number of nitrogens with zero attached hydrogens (tertiary/aromatic N) is 4. The topological polar surface area (TPSA) is 112 Å². The van der Waals surface area contributed by atoms with Gasteiger partial charge in [-0.1, -0.05) is 59.6 Å². The van der Waals surface area contributed by atoms with Crippen molar-refractivity contribution in [3.8, 4) is 39.5 Å². The molecule has 260 valence electrons. The Balaban J connectivity index is 1.12. The molecule has 0 radical (unpaired) electrons. The number of amides is 2. The summed E-state index contributed by atoms with van der Waals surface area (Å²) in [6, 6.07) is 18.4. The first-order chi connectivity index (χ1) is 24.3. The van der Waals surface area contributed by atoms with Gasteiger partial charge in [-0.05, 0) is 36.6 Å². The summed E-state index contributed by atoms with van der Waals surface area (Å²) in [6.07, 6.45) is 4.69. The minimum absolute atomic E-state index is 0.103. The number of pyridine rings is 2. The summed E-state index contributed by atoms with van der Waals surface area (Å²) in [5.41, 5.74) is 7.91. The molecule has 12 heteroatoms. The summed E-state index contributed by atoms with van der Waals surface area (Å²) in [4.78, 5) is 37.5. The Morgan fingerprint density at radius 1 is 0.920 bits per heavy atom. The van der Waals surface area contributed by atoms with E-state index in [1.807, 2.05) is 36.4 Å². The quantitative estimate of drug-likeness (QED) is 0.192. The molecule has 50 heavy (non-hydrogen) atoms. The van der Waals surface area contributed by atoms with Crippen LogP contribution in [0.3, 0.4) is 0 Å². The Hall–Kier alpha value is -4.22. The molecule has 2 aromatic carbocycles. The van der Waals surface area contributed by atoms with Crippen LogP contribution in [0.2, 0.25) is 10.0 Å². The van der Waals surface area contributed by atoms with Crippen molar-refractivity contribution in [1.29, 1.82) is 0 Å². The molecule has 3 aliphatic heterocycles. The Morgan fingerprint density at radius 3 is 2.44 bits per heavy atom. The third kappa shape index (κ3) is 7.30. The summed E-state index contributed by atoms with van der Waals surface area (Å²) >= 11 is 14.3. The maximum absolute atomic E-state index is 11.8. The van der Waals surface area contributed by atoms with Crippen molar-refractivity contribution in [2.45, 2.75) is 50.9 Å². The SMILES string of the molecule is COc1nc(-c2cccc(-c3ccnc(-c4ccc5c(c4)N(C)CCN(C[C@@H]4CCC(=O)N4)C5)c3Cl)c2Cl)ccc1CNC[C@H]1CCC(=O)N1. The minimum atomic E-state index is 0.103. The first kappa shape index (κ1) is 34.2. The predicted octanol–water partition coefficient (Wildman–Crippen LogP) is 5.69. The van der Waals surface area contributed by atoms with Crippen LogP contribution in [0.15, 0.2) is 60.8 Å². The molecule has 2 aromatic heterocycles. The molecule has 0 aliphatic carbocycles. The van der Waals surface area contributed by atoms with Gasteiger partial charge in [0, 0.05) is 111 Å². The van der Waals surface area contributed by atoms with Gasteiger partial charge in [-0.2, -0.15) is 0 Å². The number of halogens is 2. The lowest BCUT2D eigenvalue weighted by Gasteiger charge is -2.23. The second kappa shape index (κ2) is 14.9. The highest BCUT2D eigenvalue weighted by molar-refractivity contribution is 6.39. The van der Waals surface area contributed by atoms with Gasteiger partial charge in [-0.25, -0.2) is 4.98 Å². The summed E-state index contributed by atoms with van der Waals surface area (Å²) < 4.78 is 5.67. The van der Waals surface area contributed by atoms with E-state index in [0.29, 0.717) is 53.2 Å². The van der Waals surface area contributed by atoms with Gasteiger partial charge in [-0.3, -0.25) is 19.5 Å². The van der Waals surface area contributed by atoms with Gasteiger partial charge in [0.25, 0.3) is 0 Å². The van der Waals surface area contributed by atoms with Crippen molar-refractivity contribution in [2.24, 2.45) is 0 Å². The maximum atomic E-state index is 11.8. The molecule has 0 spiro atoms. The summed E-state index contributed by atoms with van der Waals surface area (Å²) in [5, 5.41) is 10.5. The summed E-state index contributed by atoms with van der Waals surface area (Å²) in [5.74, 6) is 0.764. The summed E-state index contributed by atoms with van der Waals surface area (Å²) in [6.45, 7) is 4.69. The lowest BCUT2D eigenvalue weighted by Crippen LogP contribution is -2.40. The zero-order valence-corrected chi connectivity index (χ0v) is 29.8. The first-order valence-electron chi connectivity index (χ1n) is 17.1. The molecule has 10 nitrogen and oxygen atoms in total. The molecule has 2 fully saturated rings. The van der Waals surface area contributed by atoms with E-state index < -0.39 is 0 Å². The van der Waals surface area contributed by atoms with Crippen molar-refractivity contribution in [1.82, 2.24) is 30.8 Å². The Kier molecular flexibility index (Phi) is 10.2. The number of hydrogen-bond donors (Lipinski definition) is 3. The van der Waals surface area contributed by atoms with Crippen molar-refractivity contribution in [2.75, 3.05) is 45.2 Å². The van der Waals surface area contributed by atoms with E-state index in [9.17, 15) is 9.59 Å². The standard InChI is InChI=1S/C38H41Cl2N7O3/c1-46-16-17-47(22-27-10-13-34(49)44-27)21-25-7-6-23(18-32(25)46)37-36(40)29(14-15-42-37)28-4-3-5-30(35(28)39)31-11-8-24(38(45-31)50-2)19-41-20-26-9-12-33(48)43-26/h3-8,11,14-15,18,26-27,41H,9-10,12-13,16-17,19-22H2,1-2H3,(H,43,48)(H,44,49)/t26-,27+/m1/s1. The summed E-state index contributed by atoms with van der Waals surface area (Å²) in [7, 11) is 3.72. The van der Waals surface area contributed by atoms with Crippen molar-refractivity contribution in [3.05, 3.63) is 82.0 Å². The number of hydrogen-bond acceptors (Lipinski definition) is 8. The van der Waals surface area contributed by atoms with Crippen molar-refractivity contribution >= 4 is 40.7 Å². The van der Waals surface area contributed by atoms with Gasteiger partial charge in [0.15, 0.2) is 0 Å². The lowest BCUT2D eigenvalue weighted by atomic mass is 9.98. The fraction of sp³-hybridized carbons (Fsp3) is 0.368. The zero-order chi connectivity index (χ0) is 34.8. The smallest absolute Gasteiger partial charge is 0.220 e. The van der Waals surface area contributed by atoms with E-state index >= 15 is 0 Å². The molecule has 7 rings (SSSR count). The molecule has 3 N–H and O–H groups in total. The van der Waals surface area contributed by atoms with Crippen LogP contribution >= 0.6 is 23.2 Å². The number of likely N-dealkylation sites (N-methyl/N-ethyl adjacent to an activating group) is 1. The van der Waals surface area contributed by atoms with E-state index in [1.54, 1.807) is 13.3 Å². The molecule has 0 unspecified atom stereocenters. The van der Waals surface area contributed by atoms with Crippen LogP contribution in [-0.2, 0) is 22.7 Å². The minimum Gasteiger partial charge on any atom is -0.481 e. The predicted molar refractivity (Wildman–Crippen MR) is 197 cm³/mol. The van der Waals surface area contributed by atoms with E-state index in [-0.39, 0.29) is 23.9 Å². The van der Waals surface area contributed by atoms with E-state index in [4.69, 9.17) is 37.9 Å². The van der Waals surface area contributed by atoms with E-state index in [0.717, 1.165) is 72.5 Å². The van der Waals surface area contributed by atoms with Crippen LogP contribution < -0.4 is 25.6 Å². The Morgan fingerprint density at radius 2 is 1.68 bits per heavy atom. The number of methoxy groups -OCH3 is 1. The number of fused-ring (bicyclic) bond motifs is 1. The molecule has 3 aliphatic rings. The molecule has 2 atom stereocenters. The van der Waals surface area contributed by atoms with Crippen LogP contribution in [-0.4, -0.2) is 79.1 Å². The number of anilines is 1. The van der Waals surface area contributed by atoms with Crippen LogP contribution in [0.25, 0.3) is 33.6 Å². The highest BCUT2D eigenvalue weighted by Gasteiger charge is 2.26. The fourth-order valence-electron chi connectivity index (χ4n) is 7.15. The van der Waals surface area contributed by atoms with Gasteiger partial charge in [-0.15, -0.1) is 0 Å². The van der Waals surface area contributed by atoms with Gasteiger partial charge >= 0.3 is 0 Å². The molecule has 0 bridgehead atoms. The Bertz CT molecular complexity index is 1920. The zero-order valence-electron chi connectivity index (χ0n) is 28.3. The third-order valence-electron chi connectivity index (χ3n) is 9.86. The van der Waals surface area contributed by atoms with Gasteiger partial charge < -0.3 is 25.6 Å². The number of carbonyl (C=O) groups is 2. The number of benzene rings is 2. The second-order valence-electron chi connectivity index (χ2n) is 13.3. The largest absolute Gasteiger partial charge is 0.481 e. The van der Waals surface area contributed by atoms with Crippen LogP contribution in [0.5, 0.6) is 5.88 Å². The molecule has 0 saturated carbocycles. The average Bonchev–Trinajstić information content (AvgIpc) is 3.70. The maximum Gasteiger partial charge on any atom is 0.220 e. The monoisotopic (exact) mass is 713 g/mol. The number of nitrogens with one attached hydrogen (secondary N) is 3. The number of carbonyl (C=O) groups excluding carboxylic acids is 2. The molecule has 2 saturated heterocycles. The van der Waals surface area contributed by atoms with Gasteiger partial charge in [0.05, 0.1) is 28.5 Å². The Labute approximate surface area is 302 Å². The lowest BCUT2D eigenvalue weighted by molar-refractivity contribution is -0.120. The highest BCUT2D eigenvalue weighted by atomic mass is 35.5. The number of ether oxygens (including phenoxy) is 1. The molecule has 5 heterocycles. The van der Waals surface area contributed by atoms with Gasteiger partial charge in [0.2, 0.25) is 17.7 Å². The van der Waals surface area contributed by atoms with Crippen LogP contribution in [0, 0.1) is 0 Å². The van der Waals surface area contributed by atoms with Crippen LogP contribution in [0.4, 0.5) is 5.69 Å². The second-order valence-corrected chi connectivity index (χ2v) is 14.0. The van der Waals surface area contributed by atoms with Crippen molar-refractivity contribution < 1.29 is 14.3 Å². The number of aromatic nitrogens is 2. The average molecular weight is 715 g/mol. The normalized spacial score (nSPS) is 19.2. The molecule has 4 aromatic rings. The highest BCUT2D eigenvalue weighted by Crippen LogP contribution is 2.42.